The van der Waals surface area contributed by atoms with E-state index in [0.717, 1.165) is 4.90 Å². The van der Waals surface area contributed by atoms with Gasteiger partial charge in [0.15, 0.2) is 5.54 Å². The Labute approximate surface area is 104 Å². The Hall–Kier alpha value is -1.59. The third-order valence-corrected chi connectivity index (χ3v) is 3.19. The number of urea groups is 1. The van der Waals surface area contributed by atoms with E-state index in [1.54, 1.807) is 24.3 Å². The van der Waals surface area contributed by atoms with Crippen LogP contribution in [0.5, 0.6) is 0 Å². The molecule has 3 amide bonds. The number of hydrogen-bond donors (Lipinski definition) is 2. The van der Waals surface area contributed by atoms with Gasteiger partial charge in [-0.1, -0.05) is 23.7 Å². The van der Waals surface area contributed by atoms with Crippen LogP contribution in [0.15, 0.2) is 24.3 Å². The summed E-state index contributed by atoms with van der Waals surface area (Å²) in [6.07, 6.45) is 0. The zero-order valence-corrected chi connectivity index (χ0v) is 9.99. The highest BCUT2D eigenvalue weighted by molar-refractivity contribution is 6.30. The molecule has 1 aromatic rings. The summed E-state index contributed by atoms with van der Waals surface area (Å²) in [4.78, 5) is 24.6. The van der Waals surface area contributed by atoms with Crippen LogP contribution in [0.1, 0.15) is 5.56 Å². The van der Waals surface area contributed by atoms with E-state index < -0.39 is 11.6 Å². The quantitative estimate of drug-likeness (QED) is 0.761. The molecule has 0 radical (unpaired) electrons. The van der Waals surface area contributed by atoms with E-state index in [0.29, 0.717) is 10.6 Å². The third kappa shape index (κ3) is 1.67. The number of amides is 3. The zero-order valence-electron chi connectivity index (χ0n) is 9.24. The average molecular weight is 254 g/mol. The second-order valence-electron chi connectivity index (χ2n) is 3.91. The van der Waals surface area contributed by atoms with E-state index >= 15 is 0 Å². The number of carbonyl (C=O) groups excluding carboxylic acids is 2. The van der Waals surface area contributed by atoms with Gasteiger partial charge in [-0.05, 0) is 17.7 Å². The standard InChI is InChI=1S/C11H12ClN3O2/c1-15-9(16)11(6-13,14-10(15)17)7-2-4-8(12)5-3-7/h2-5H,6,13H2,1H3,(H,14,17). The molecule has 0 aromatic heterocycles. The van der Waals surface area contributed by atoms with E-state index in [-0.39, 0.29) is 12.5 Å². The van der Waals surface area contributed by atoms with E-state index in [1.165, 1.54) is 7.05 Å². The fraction of sp³-hybridized carbons (Fsp3) is 0.273. The smallest absolute Gasteiger partial charge is 0.325 e. The maximum atomic E-state index is 12.1. The summed E-state index contributed by atoms with van der Waals surface area (Å²) < 4.78 is 0. The molecule has 1 aromatic carbocycles. The Morgan fingerprint density at radius 1 is 1.35 bits per heavy atom. The minimum Gasteiger partial charge on any atom is -0.327 e. The maximum Gasteiger partial charge on any atom is 0.325 e. The number of nitrogens with one attached hydrogen (secondary N) is 1. The van der Waals surface area contributed by atoms with Gasteiger partial charge in [-0.15, -0.1) is 0 Å². The predicted octanol–water partition coefficient (Wildman–Crippen LogP) is 0.676. The molecule has 1 unspecified atom stereocenters. The first-order valence-corrected chi connectivity index (χ1v) is 5.45. The van der Waals surface area contributed by atoms with Gasteiger partial charge in [0.2, 0.25) is 0 Å². The van der Waals surface area contributed by atoms with Crippen molar-refractivity contribution >= 4 is 23.5 Å². The lowest BCUT2D eigenvalue weighted by molar-refractivity contribution is -0.130. The molecule has 1 fully saturated rings. The largest absolute Gasteiger partial charge is 0.327 e. The highest BCUT2D eigenvalue weighted by Crippen LogP contribution is 2.28. The topological polar surface area (TPSA) is 75.4 Å². The molecular weight excluding hydrogens is 242 g/mol. The molecule has 6 heteroatoms. The van der Waals surface area contributed by atoms with Crippen LogP contribution in [-0.4, -0.2) is 30.4 Å². The molecule has 3 N–H and O–H groups in total. The Morgan fingerprint density at radius 3 is 2.35 bits per heavy atom. The predicted molar refractivity (Wildman–Crippen MR) is 63.5 cm³/mol. The van der Waals surface area contributed by atoms with Crippen molar-refractivity contribution in [3.63, 3.8) is 0 Å². The molecule has 0 bridgehead atoms. The first-order valence-electron chi connectivity index (χ1n) is 5.07. The summed E-state index contributed by atoms with van der Waals surface area (Å²) in [6, 6.07) is 6.24. The van der Waals surface area contributed by atoms with Gasteiger partial charge in [0, 0.05) is 18.6 Å². The van der Waals surface area contributed by atoms with E-state index in [1.807, 2.05) is 0 Å². The molecule has 17 heavy (non-hydrogen) atoms. The van der Waals surface area contributed by atoms with Gasteiger partial charge in [0.05, 0.1) is 0 Å². The number of nitrogens with zero attached hydrogens (tertiary/aromatic N) is 1. The van der Waals surface area contributed by atoms with Crippen molar-refractivity contribution in [3.8, 4) is 0 Å². The minimum atomic E-state index is -1.17. The molecule has 0 aliphatic carbocycles. The van der Waals surface area contributed by atoms with Crippen LogP contribution >= 0.6 is 11.6 Å². The number of benzene rings is 1. The number of imide groups is 1. The van der Waals surface area contributed by atoms with Crippen LogP contribution in [0.4, 0.5) is 4.79 Å². The fourth-order valence-electron chi connectivity index (χ4n) is 1.88. The summed E-state index contributed by atoms with van der Waals surface area (Å²) in [5.41, 5.74) is 5.12. The van der Waals surface area contributed by atoms with Crippen LogP contribution in [0.25, 0.3) is 0 Å². The molecule has 1 aliphatic rings. The second kappa shape index (κ2) is 4.01. The molecule has 5 nitrogen and oxygen atoms in total. The SMILES string of the molecule is CN1C(=O)NC(CN)(c2ccc(Cl)cc2)C1=O. The van der Waals surface area contributed by atoms with Crippen LogP contribution in [0.3, 0.4) is 0 Å². The highest BCUT2D eigenvalue weighted by Gasteiger charge is 2.50. The van der Waals surface area contributed by atoms with E-state index in [2.05, 4.69) is 5.32 Å². The van der Waals surface area contributed by atoms with Crippen molar-refractivity contribution in [1.82, 2.24) is 10.2 Å². The molecule has 2 rings (SSSR count). The molecule has 0 spiro atoms. The molecule has 1 heterocycles. The lowest BCUT2D eigenvalue weighted by Crippen LogP contribution is -2.49. The lowest BCUT2D eigenvalue weighted by atomic mass is 9.90. The Bertz CT molecular complexity index is 474. The van der Waals surface area contributed by atoms with Crippen molar-refractivity contribution in [1.29, 1.82) is 0 Å². The van der Waals surface area contributed by atoms with Crippen molar-refractivity contribution in [3.05, 3.63) is 34.9 Å². The van der Waals surface area contributed by atoms with Crippen molar-refractivity contribution in [2.75, 3.05) is 13.6 Å². The van der Waals surface area contributed by atoms with Crippen LogP contribution in [-0.2, 0) is 10.3 Å². The van der Waals surface area contributed by atoms with Crippen LogP contribution in [0, 0.1) is 0 Å². The number of halogens is 1. The molecule has 1 aliphatic heterocycles. The maximum absolute atomic E-state index is 12.1. The van der Waals surface area contributed by atoms with Crippen molar-refractivity contribution in [2.24, 2.45) is 5.73 Å². The van der Waals surface area contributed by atoms with Gasteiger partial charge in [-0.3, -0.25) is 9.69 Å². The number of carbonyl (C=O) groups is 2. The number of hydrogen-bond acceptors (Lipinski definition) is 3. The first-order chi connectivity index (χ1) is 8.01. The molecule has 0 saturated carbocycles. The van der Waals surface area contributed by atoms with Gasteiger partial charge < -0.3 is 11.1 Å². The van der Waals surface area contributed by atoms with Crippen molar-refractivity contribution < 1.29 is 9.59 Å². The van der Waals surface area contributed by atoms with Crippen LogP contribution in [0.2, 0.25) is 5.02 Å². The summed E-state index contributed by atoms with van der Waals surface area (Å²) in [5.74, 6) is -0.354. The van der Waals surface area contributed by atoms with Crippen molar-refractivity contribution in [2.45, 2.75) is 5.54 Å². The number of rotatable bonds is 2. The monoisotopic (exact) mass is 253 g/mol. The van der Waals surface area contributed by atoms with E-state index in [4.69, 9.17) is 17.3 Å². The number of nitrogens with two attached hydrogens (primary N) is 1. The lowest BCUT2D eigenvalue weighted by Gasteiger charge is -2.25. The Balaban J connectivity index is 2.49. The Morgan fingerprint density at radius 2 is 1.94 bits per heavy atom. The zero-order chi connectivity index (χ0) is 12.6. The molecular formula is C11H12ClN3O2. The van der Waals surface area contributed by atoms with Gasteiger partial charge in [-0.2, -0.15) is 0 Å². The first kappa shape index (κ1) is 11.9. The molecule has 1 atom stereocenters. The van der Waals surface area contributed by atoms with E-state index in [9.17, 15) is 9.59 Å². The second-order valence-corrected chi connectivity index (χ2v) is 4.35. The summed E-state index contributed by atoms with van der Waals surface area (Å²) in [7, 11) is 1.42. The number of likely N-dealkylation sites (N-methyl/N-ethyl adjacent to an activating group) is 1. The molecule has 90 valence electrons. The van der Waals surface area contributed by atoms with Crippen LogP contribution < -0.4 is 11.1 Å². The minimum absolute atomic E-state index is 0.00352. The summed E-state index contributed by atoms with van der Waals surface area (Å²) in [6.45, 7) is 0.00352. The van der Waals surface area contributed by atoms with Gasteiger partial charge >= 0.3 is 6.03 Å². The summed E-state index contributed by atoms with van der Waals surface area (Å²) >= 11 is 5.79. The highest BCUT2D eigenvalue weighted by atomic mass is 35.5. The third-order valence-electron chi connectivity index (χ3n) is 2.94. The molecule has 1 saturated heterocycles. The average Bonchev–Trinajstić information content (AvgIpc) is 2.55. The fourth-order valence-corrected chi connectivity index (χ4v) is 2.01. The Kier molecular flexibility index (Phi) is 2.81. The van der Waals surface area contributed by atoms with Gasteiger partial charge in [0.25, 0.3) is 5.91 Å². The van der Waals surface area contributed by atoms with Gasteiger partial charge in [0.1, 0.15) is 0 Å². The summed E-state index contributed by atoms with van der Waals surface area (Å²) in [5, 5.41) is 3.18. The van der Waals surface area contributed by atoms with Gasteiger partial charge in [-0.25, -0.2) is 4.79 Å². The normalized spacial score (nSPS) is 24.1.